The van der Waals surface area contributed by atoms with Crippen LogP contribution in [0.2, 0.25) is 0 Å². The van der Waals surface area contributed by atoms with E-state index in [9.17, 15) is 18.9 Å². The van der Waals surface area contributed by atoms with Crippen molar-refractivity contribution in [3.05, 3.63) is 69.3 Å². The van der Waals surface area contributed by atoms with Crippen LogP contribution >= 0.6 is 0 Å². The summed E-state index contributed by atoms with van der Waals surface area (Å²) in [6.07, 6.45) is 0. The van der Waals surface area contributed by atoms with Gasteiger partial charge in [0.2, 0.25) is 0 Å². The molecule has 0 fully saturated rings. The number of benzene rings is 2. The number of rotatable bonds is 4. The molecule has 0 heterocycles. The van der Waals surface area contributed by atoms with E-state index in [0.717, 1.165) is 12.1 Å². The van der Waals surface area contributed by atoms with Gasteiger partial charge in [-0.05, 0) is 24.6 Å². The zero-order valence-electron chi connectivity index (χ0n) is 10.7. The monoisotopic (exact) mass is 278 g/mol. The maximum absolute atomic E-state index is 13.4. The summed E-state index contributed by atoms with van der Waals surface area (Å²) in [5.41, 5.74) is 1.37. The molecule has 0 aliphatic heterocycles. The van der Waals surface area contributed by atoms with Crippen LogP contribution in [0.4, 0.5) is 20.2 Å². The van der Waals surface area contributed by atoms with Crippen LogP contribution in [0.3, 0.4) is 0 Å². The predicted molar refractivity (Wildman–Crippen MR) is 71.5 cm³/mol. The minimum Gasteiger partial charge on any atom is -0.379 e. The van der Waals surface area contributed by atoms with E-state index >= 15 is 0 Å². The zero-order chi connectivity index (χ0) is 14.7. The van der Waals surface area contributed by atoms with Gasteiger partial charge >= 0.3 is 0 Å². The number of hydrogen-bond donors (Lipinski definition) is 1. The first kappa shape index (κ1) is 13.9. The molecule has 0 spiro atoms. The molecular formula is C14H12F2N2O2. The smallest absolute Gasteiger partial charge is 0.272 e. The molecule has 1 N–H and O–H groups in total. The van der Waals surface area contributed by atoms with Crippen molar-refractivity contribution in [3.63, 3.8) is 0 Å². The lowest BCUT2D eigenvalue weighted by atomic mass is 10.1. The Balaban J connectivity index is 2.15. The molecule has 0 saturated heterocycles. The van der Waals surface area contributed by atoms with Gasteiger partial charge in [0.1, 0.15) is 11.6 Å². The zero-order valence-corrected chi connectivity index (χ0v) is 10.7. The molecule has 4 nitrogen and oxygen atoms in total. The second kappa shape index (κ2) is 5.64. The molecule has 2 rings (SSSR count). The lowest BCUT2D eigenvalue weighted by molar-refractivity contribution is -0.385. The number of anilines is 1. The molecule has 6 heteroatoms. The van der Waals surface area contributed by atoms with Crippen LogP contribution < -0.4 is 5.32 Å². The molecule has 0 amide bonds. The Morgan fingerprint density at radius 1 is 1.20 bits per heavy atom. The van der Waals surface area contributed by atoms with E-state index < -0.39 is 16.6 Å². The first-order chi connectivity index (χ1) is 9.47. The highest BCUT2D eigenvalue weighted by atomic mass is 19.1. The number of nitrogens with zero attached hydrogens (tertiary/aromatic N) is 1. The molecule has 20 heavy (non-hydrogen) atoms. The normalized spacial score (nSPS) is 10.3. The van der Waals surface area contributed by atoms with Gasteiger partial charge in [-0.25, -0.2) is 8.78 Å². The summed E-state index contributed by atoms with van der Waals surface area (Å²) in [6.45, 7) is 1.86. The maximum Gasteiger partial charge on any atom is 0.272 e. The molecule has 0 bridgehead atoms. The molecule has 0 aliphatic carbocycles. The lowest BCUT2D eigenvalue weighted by Crippen LogP contribution is -2.03. The fraction of sp³-hybridized carbons (Fsp3) is 0.143. The van der Waals surface area contributed by atoms with Crippen molar-refractivity contribution in [1.82, 2.24) is 0 Å². The number of nitro benzene ring substituents is 1. The molecule has 2 aromatic carbocycles. The van der Waals surface area contributed by atoms with Crippen LogP contribution in [0.1, 0.15) is 11.1 Å². The van der Waals surface area contributed by atoms with Crippen molar-refractivity contribution in [3.8, 4) is 0 Å². The van der Waals surface area contributed by atoms with Gasteiger partial charge < -0.3 is 5.32 Å². The predicted octanol–water partition coefficient (Wildman–Crippen LogP) is 3.79. The van der Waals surface area contributed by atoms with Crippen molar-refractivity contribution in [2.24, 2.45) is 0 Å². The molecule has 0 unspecified atom stereocenters. The first-order valence-electron chi connectivity index (χ1n) is 5.90. The van der Waals surface area contributed by atoms with Gasteiger partial charge in [0, 0.05) is 24.2 Å². The fourth-order valence-corrected chi connectivity index (χ4v) is 1.79. The Morgan fingerprint density at radius 3 is 2.60 bits per heavy atom. The van der Waals surface area contributed by atoms with Crippen molar-refractivity contribution in [1.29, 1.82) is 0 Å². The highest BCUT2D eigenvalue weighted by molar-refractivity contribution is 5.47. The average molecular weight is 278 g/mol. The summed E-state index contributed by atoms with van der Waals surface area (Å²) < 4.78 is 26.2. The highest BCUT2D eigenvalue weighted by Crippen LogP contribution is 2.21. The third-order valence-electron chi connectivity index (χ3n) is 2.88. The Labute approximate surface area is 114 Å². The van der Waals surface area contributed by atoms with Gasteiger partial charge in [-0.2, -0.15) is 0 Å². The number of hydrogen-bond acceptors (Lipinski definition) is 3. The van der Waals surface area contributed by atoms with Crippen LogP contribution in [0, 0.1) is 28.7 Å². The highest BCUT2D eigenvalue weighted by Gasteiger charge is 2.11. The Morgan fingerprint density at radius 2 is 1.95 bits per heavy atom. The Bertz CT molecular complexity index is 660. The summed E-state index contributed by atoms with van der Waals surface area (Å²) in [5, 5.41) is 13.6. The van der Waals surface area contributed by atoms with E-state index in [-0.39, 0.29) is 17.9 Å². The average Bonchev–Trinajstić information content (AvgIpc) is 2.39. The van der Waals surface area contributed by atoms with Crippen LogP contribution in [0.15, 0.2) is 36.4 Å². The van der Waals surface area contributed by atoms with E-state index in [0.29, 0.717) is 11.1 Å². The summed E-state index contributed by atoms with van der Waals surface area (Å²) in [7, 11) is 0. The van der Waals surface area contributed by atoms with Crippen molar-refractivity contribution in [2.45, 2.75) is 13.5 Å². The SMILES string of the molecule is Cc1ccc(CNc2ccc(F)cc2F)cc1[N+](=O)[O-]. The molecule has 0 saturated carbocycles. The lowest BCUT2D eigenvalue weighted by Gasteiger charge is -2.08. The van der Waals surface area contributed by atoms with Crippen LogP contribution in [0.5, 0.6) is 0 Å². The number of aryl methyl sites for hydroxylation is 1. The third kappa shape index (κ3) is 3.09. The molecule has 2 aromatic rings. The van der Waals surface area contributed by atoms with Crippen molar-refractivity contribution in [2.75, 3.05) is 5.32 Å². The number of nitro groups is 1. The van der Waals surface area contributed by atoms with Gasteiger partial charge in [-0.1, -0.05) is 12.1 Å². The van der Waals surface area contributed by atoms with Crippen LogP contribution in [0.25, 0.3) is 0 Å². The van der Waals surface area contributed by atoms with Gasteiger partial charge in [0.05, 0.1) is 10.6 Å². The van der Waals surface area contributed by atoms with Crippen LogP contribution in [-0.4, -0.2) is 4.92 Å². The summed E-state index contributed by atoms with van der Waals surface area (Å²) >= 11 is 0. The summed E-state index contributed by atoms with van der Waals surface area (Å²) in [6, 6.07) is 7.99. The molecule has 0 radical (unpaired) electrons. The number of halogens is 2. The second-order valence-corrected chi connectivity index (χ2v) is 4.36. The minimum absolute atomic E-state index is 0.0175. The largest absolute Gasteiger partial charge is 0.379 e. The Hall–Kier alpha value is -2.50. The molecule has 104 valence electrons. The summed E-state index contributed by atoms with van der Waals surface area (Å²) in [4.78, 5) is 10.4. The minimum atomic E-state index is -0.702. The van der Waals surface area contributed by atoms with Gasteiger partial charge in [0.15, 0.2) is 0 Å². The second-order valence-electron chi connectivity index (χ2n) is 4.36. The molecular weight excluding hydrogens is 266 g/mol. The van der Waals surface area contributed by atoms with E-state index in [1.165, 1.54) is 12.1 Å². The first-order valence-corrected chi connectivity index (χ1v) is 5.90. The molecule has 0 aromatic heterocycles. The topological polar surface area (TPSA) is 55.2 Å². The van der Waals surface area contributed by atoms with E-state index in [1.807, 2.05) is 0 Å². The Kier molecular flexibility index (Phi) is 3.93. The van der Waals surface area contributed by atoms with Gasteiger partial charge in [0.25, 0.3) is 5.69 Å². The fourth-order valence-electron chi connectivity index (χ4n) is 1.79. The number of nitrogens with one attached hydrogen (secondary N) is 1. The van der Waals surface area contributed by atoms with Crippen molar-refractivity contribution < 1.29 is 13.7 Å². The maximum atomic E-state index is 13.4. The van der Waals surface area contributed by atoms with E-state index in [2.05, 4.69) is 5.32 Å². The quantitative estimate of drug-likeness (QED) is 0.683. The van der Waals surface area contributed by atoms with Gasteiger partial charge in [-0.15, -0.1) is 0 Å². The molecule has 0 aliphatic rings. The third-order valence-corrected chi connectivity index (χ3v) is 2.88. The summed E-state index contributed by atoms with van der Waals surface area (Å²) in [5.74, 6) is -1.36. The van der Waals surface area contributed by atoms with Gasteiger partial charge in [-0.3, -0.25) is 10.1 Å². The van der Waals surface area contributed by atoms with Crippen molar-refractivity contribution >= 4 is 11.4 Å². The standard InChI is InChI=1S/C14H12F2N2O2/c1-9-2-3-10(6-14(9)18(19)20)8-17-13-5-4-11(15)7-12(13)16/h2-7,17H,8H2,1H3. The molecule has 0 atom stereocenters. The van der Waals surface area contributed by atoms with E-state index in [1.54, 1.807) is 19.1 Å². The van der Waals surface area contributed by atoms with E-state index in [4.69, 9.17) is 0 Å². The van der Waals surface area contributed by atoms with Crippen LogP contribution in [-0.2, 0) is 6.54 Å².